The first-order valence-corrected chi connectivity index (χ1v) is 6.75. The monoisotopic (exact) mass is 223 g/mol. The Morgan fingerprint density at radius 3 is 2.73 bits per heavy atom. The molecule has 1 nitrogen and oxygen atoms in total. The van der Waals surface area contributed by atoms with E-state index in [2.05, 4.69) is 19.9 Å². The molecule has 0 spiro atoms. The summed E-state index contributed by atoms with van der Waals surface area (Å²) in [7, 11) is 0. The molecule has 0 aliphatic heterocycles. The summed E-state index contributed by atoms with van der Waals surface area (Å²) in [5.74, 6) is 0. The van der Waals surface area contributed by atoms with Crippen molar-refractivity contribution in [2.75, 3.05) is 0 Å². The molecule has 2 rings (SSSR count). The van der Waals surface area contributed by atoms with Gasteiger partial charge in [-0.2, -0.15) is 0 Å². The summed E-state index contributed by atoms with van der Waals surface area (Å²) in [4.78, 5) is 3.19. The molecule has 0 saturated carbocycles. The van der Waals surface area contributed by atoms with Crippen LogP contribution in [0.4, 0.5) is 0 Å². The average molecular weight is 223 g/mol. The lowest BCUT2D eigenvalue weighted by molar-refractivity contribution is 0.478. The summed E-state index contributed by atoms with van der Waals surface area (Å²) in [5.41, 5.74) is 7.61. The van der Waals surface area contributed by atoms with Crippen LogP contribution < -0.4 is 5.73 Å². The van der Waals surface area contributed by atoms with E-state index in [-0.39, 0.29) is 5.54 Å². The second-order valence-electron chi connectivity index (χ2n) is 5.36. The van der Waals surface area contributed by atoms with E-state index >= 15 is 0 Å². The number of aryl methyl sites for hydroxylation is 3. The van der Waals surface area contributed by atoms with Gasteiger partial charge in [0.05, 0.1) is 0 Å². The molecule has 0 amide bonds. The summed E-state index contributed by atoms with van der Waals surface area (Å²) in [6.07, 6.45) is 7.62. The van der Waals surface area contributed by atoms with E-state index in [9.17, 15) is 0 Å². The second kappa shape index (κ2) is 4.26. The Morgan fingerprint density at radius 2 is 2.07 bits per heavy atom. The van der Waals surface area contributed by atoms with Crippen LogP contribution in [0.3, 0.4) is 0 Å². The van der Waals surface area contributed by atoms with E-state index in [1.54, 1.807) is 15.3 Å². The number of hydrogen-bond acceptors (Lipinski definition) is 2. The van der Waals surface area contributed by atoms with Crippen LogP contribution >= 0.6 is 11.3 Å². The predicted octanol–water partition coefficient (Wildman–Crippen LogP) is 3.30. The highest BCUT2D eigenvalue weighted by molar-refractivity contribution is 7.12. The van der Waals surface area contributed by atoms with E-state index in [4.69, 9.17) is 5.73 Å². The van der Waals surface area contributed by atoms with Crippen LogP contribution in [0.2, 0.25) is 0 Å². The molecule has 0 radical (unpaired) electrons. The lowest BCUT2D eigenvalue weighted by Crippen LogP contribution is -2.32. The molecule has 1 heterocycles. The summed E-state index contributed by atoms with van der Waals surface area (Å²) in [6, 6.07) is 2.42. The average Bonchev–Trinajstić information content (AvgIpc) is 2.56. The van der Waals surface area contributed by atoms with Gasteiger partial charge in [-0.3, -0.25) is 0 Å². The first-order valence-electron chi connectivity index (χ1n) is 5.94. The van der Waals surface area contributed by atoms with Gasteiger partial charge in [0.1, 0.15) is 0 Å². The maximum atomic E-state index is 6.01. The van der Waals surface area contributed by atoms with Crippen LogP contribution in [-0.4, -0.2) is 5.54 Å². The molecule has 84 valence electrons. The predicted molar refractivity (Wildman–Crippen MR) is 67.5 cm³/mol. The zero-order valence-electron chi connectivity index (χ0n) is 9.81. The Kier molecular flexibility index (Phi) is 3.17. The third-order valence-corrected chi connectivity index (χ3v) is 4.36. The molecule has 0 bridgehead atoms. The fourth-order valence-electron chi connectivity index (χ4n) is 2.12. The van der Waals surface area contributed by atoms with E-state index < -0.39 is 0 Å². The summed E-state index contributed by atoms with van der Waals surface area (Å²) in [6.45, 7) is 4.22. The smallest absolute Gasteiger partial charge is 0.0100 e. The zero-order chi connectivity index (χ0) is 10.9. The van der Waals surface area contributed by atoms with Crippen molar-refractivity contribution < 1.29 is 0 Å². The SMILES string of the molecule is CC(C)(N)CCc1cc2c(s1)CCCC2. The molecule has 2 heteroatoms. The second-order valence-corrected chi connectivity index (χ2v) is 6.58. The Bertz CT molecular complexity index is 309. The van der Waals surface area contributed by atoms with Gasteiger partial charge in [0, 0.05) is 15.3 Å². The van der Waals surface area contributed by atoms with Crippen LogP contribution in [-0.2, 0) is 19.3 Å². The standard InChI is InChI=1S/C13H21NS/c1-13(2,14)8-7-11-9-10-5-3-4-6-12(10)15-11/h9H,3-8,14H2,1-2H3. The number of hydrogen-bond donors (Lipinski definition) is 1. The number of nitrogens with two attached hydrogens (primary N) is 1. The molecule has 0 fully saturated rings. The topological polar surface area (TPSA) is 26.0 Å². The minimum atomic E-state index is -0.0233. The lowest BCUT2D eigenvalue weighted by Gasteiger charge is -2.17. The molecular weight excluding hydrogens is 202 g/mol. The van der Waals surface area contributed by atoms with Crippen molar-refractivity contribution in [2.45, 2.75) is 57.9 Å². The van der Waals surface area contributed by atoms with Crippen molar-refractivity contribution >= 4 is 11.3 Å². The Morgan fingerprint density at radius 1 is 1.33 bits per heavy atom. The first kappa shape index (κ1) is 11.2. The molecule has 1 aliphatic carbocycles. The van der Waals surface area contributed by atoms with Crippen LogP contribution in [0.1, 0.15) is 48.4 Å². The van der Waals surface area contributed by atoms with Gasteiger partial charge in [-0.25, -0.2) is 0 Å². The first-order chi connectivity index (χ1) is 7.04. The van der Waals surface area contributed by atoms with Crippen LogP contribution in [0.5, 0.6) is 0 Å². The van der Waals surface area contributed by atoms with Crippen molar-refractivity contribution in [3.63, 3.8) is 0 Å². The van der Waals surface area contributed by atoms with Crippen molar-refractivity contribution in [3.05, 3.63) is 21.4 Å². The molecule has 15 heavy (non-hydrogen) atoms. The van der Waals surface area contributed by atoms with E-state index in [1.807, 2.05) is 11.3 Å². The minimum Gasteiger partial charge on any atom is -0.326 e. The highest BCUT2D eigenvalue weighted by atomic mass is 32.1. The minimum absolute atomic E-state index is 0.0233. The summed E-state index contributed by atoms with van der Waals surface area (Å²) < 4.78 is 0. The highest BCUT2D eigenvalue weighted by Gasteiger charge is 2.15. The third-order valence-electron chi connectivity index (χ3n) is 3.06. The van der Waals surface area contributed by atoms with Gasteiger partial charge in [0.15, 0.2) is 0 Å². The molecule has 0 unspecified atom stereocenters. The van der Waals surface area contributed by atoms with Gasteiger partial charge < -0.3 is 5.73 Å². The van der Waals surface area contributed by atoms with Gasteiger partial charge in [0.25, 0.3) is 0 Å². The van der Waals surface area contributed by atoms with Gasteiger partial charge in [0.2, 0.25) is 0 Å². The number of fused-ring (bicyclic) bond motifs is 1. The Hall–Kier alpha value is -0.340. The number of rotatable bonds is 3. The van der Waals surface area contributed by atoms with E-state index in [1.165, 1.54) is 25.7 Å². The van der Waals surface area contributed by atoms with Crippen LogP contribution in [0.15, 0.2) is 6.07 Å². The highest BCUT2D eigenvalue weighted by Crippen LogP contribution is 2.30. The largest absolute Gasteiger partial charge is 0.326 e. The maximum Gasteiger partial charge on any atom is 0.0100 e. The molecule has 2 N–H and O–H groups in total. The molecule has 1 aromatic heterocycles. The van der Waals surface area contributed by atoms with Crippen molar-refractivity contribution in [1.82, 2.24) is 0 Å². The molecule has 1 aromatic rings. The fraction of sp³-hybridized carbons (Fsp3) is 0.692. The van der Waals surface area contributed by atoms with Crippen molar-refractivity contribution in [3.8, 4) is 0 Å². The quantitative estimate of drug-likeness (QED) is 0.836. The fourth-order valence-corrected chi connectivity index (χ4v) is 3.38. The zero-order valence-corrected chi connectivity index (χ0v) is 10.6. The van der Waals surface area contributed by atoms with Crippen LogP contribution in [0.25, 0.3) is 0 Å². The Balaban J connectivity index is 2.01. The molecule has 0 aromatic carbocycles. The summed E-state index contributed by atoms with van der Waals surface area (Å²) >= 11 is 2.02. The normalized spacial score (nSPS) is 16.5. The maximum absolute atomic E-state index is 6.01. The van der Waals surface area contributed by atoms with E-state index in [0.29, 0.717) is 0 Å². The summed E-state index contributed by atoms with van der Waals surface area (Å²) in [5, 5.41) is 0. The molecular formula is C13H21NS. The van der Waals surface area contributed by atoms with Crippen molar-refractivity contribution in [1.29, 1.82) is 0 Å². The van der Waals surface area contributed by atoms with Gasteiger partial charge in [-0.1, -0.05) is 0 Å². The Labute approximate surface area is 96.7 Å². The van der Waals surface area contributed by atoms with E-state index in [0.717, 1.165) is 12.8 Å². The third kappa shape index (κ3) is 3.05. The van der Waals surface area contributed by atoms with Crippen molar-refractivity contribution in [2.24, 2.45) is 5.73 Å². The van der Waals surface area contributed by atoms with Crippen LogP contribution in [0, 0.1) is 0 Å². The molecule has 0 saturated heterocycles. The molecule has 0 atom stereocenters. The lowest BCUT2D eigenvalue weighted by atomic mass is 9.97. The number of thiophene rings is 1. The van der Waals surface area contributed by atoms with Gasteiger partial charge in [-0.15, -0.1) is 11.3 Å². The van der Waals surface area contributed by atoms with Gasteiger partial charge in [-0.05, 0) is 64.0 Å². The van der Waals surface area contributed by atoms with Gasteiger partial charge >= 0.3 is 0 Å². The molecule has 1 aliphatic rings.